The average Bonchev–Trinajstić information content (AvgIpc) is 2.73. The van der Waals surface area contributed by atoms with Crippen LogP contribution >= 0.6 is 23.8 Å². The Labute approximate surface area is 195 Å². The summed E-state index contributed by atoms with van der Waals surface area (Å²) < 4.78 is 0. The molecule has 0 aliphatic heterocycles. The number of halogens is 1. The lowest BCUT2D eigenvalue weighted by Gasteiger charge is -2.21. The number of nitro benzene ring substituents is 1. The van der Waals surface area contributed by atoms with Crippen LogP contribution in [0.5, 0.6) is 0 Å². The van der Waals surface area contributed by atoms with Gasteiger partial charge in [-0.05, 0) is 61.0 Å². The molecule has 0 spiro atoms. The summed E-state index contributed by atoms with van der Waals surface area (Å²) in [6.07, 6.45) is 0. The minimum atomic E-state index is -0.811. The van der Waals surface area contributed by atoms with Gasteiger partial charge in [-0.3, -0.25) is 14.9 Å². The van der Waals surface area contributed by atoms with Crippen LogP contribution in [0.3, 0.4) is 0 Å². The molecule has 0 saturated carbocycles. The van der Waals surface area contributed by atoms with Gasteiger partial charge >= 0.3 is 0 Å². The first kappa shape index (κ1) is 23.2. The standard InChI is InChI=1S/C23H21ClN4O3S/c1-14-10-15(2)12-17(11-14)25-22(29)21(16-6-4-3-5-7-16)27-23(32)26-20-13-18(28(30)31)8-9-19(20)24/h3-13,21H,1-2H3,(H,25,29)(H2,26,27,32). The molecule has 1 atom stereocenters. The van der Waals surface area contributed by atoms with Crippen molar-refractivity contribution in [1.29, 1.82) is 0 Å². The molecule has 3 rings (SSSR count). The summed E-state index contributed by atoms with van der Waals surface area (Å²) in [5.74, 6) is -0.310. The Morgan fingerprint density at radius 3 is 2.28 bits per heavy atom. The number of non-ortho nitro benzene ring substituents is 1. The molecule has 0 aliphatic carbocycles. The third-order valence-corrected chi connectivity index (χ3v) is 5.12. The second-order valence-electron chi connectivity index (χ2n) is 7.23. The molecular weight excluding hydrogens is 448 g/mol. The van der Waals surface area contributed by atoms with Gasteiger partial charge in [0.25, 0.3) is 11.6 Å². The van der Waals surface area contributed by atoms with Crippen LogP contribution in [-0.2, 0) is 4.79 Å². The summed E-state index contributed by atoms with van der Waals surface area (Å²) >= 11 is 11.5. The van der Waals surface area contributed by atoms with E-state index in [1.807, 2.05) is 62.4 Å². The van der Waals surface area contributed by atoms with E-state index in [1.165, 1.54) is 18.2 Å². The van der Waals surface area contributed by atoms with Gasteiger partial charge in [-0.25, -0.2) is 0 Å². The second-order valence-corrected chi connectivity index (χ2v) is 8.04. The Bertz CT molecular complexity index is 1150. The van der Waals surface area contributed by atoms with Crippen molar-refractivity contribution in [3.8, 4) is 0 Å². The highest BCUT2D eigenvalue weighted by Gasteiger charge is 2.22. The molecule has 3 aromatic rings. The molecule has 0 aliphatic rings. The number of hydrogen-bond donors (Lipinski definition) is 3. The number of rotatable bonds is 6. The maximum Gasteiger partial charge on any atom is 0.271 e. The number of nitro groups is 1. The van der Waals surface area contributed by atoms with Gasteiger partial charge in [0.1, 0.15) is 6.04 Å². The highest BCUT2D eigenvalue weighted by atomic mass is 35.5. The number of benzene rings is 3. The van der Waals surface area contributed by atoms with Crippen LogP contribution in [-0.4, -0.2) is 15.9 Å². The van der Waals surface area contributed by atoms with E-state index >= 15 is 0 Å². The first-order chi connectivity index (χ1) is 15.2. The van der Waals surface area contributed by atoms with E-state index in [9.17, 15) is 14.9 Å². The van der Waals surface area contributed by atoms with Gasteiger partial charge in [-0.15, -0.1) is 0 Å². The average molecular weight is 469 g/mol. The van der Waals surface area contributed by atoms with E-state index in [2.05, 4.69) is 16.0 Å². The van der Waals surface area contributed by atoms with E-state index in [1.54, 1.807) is 0 Å². The van der Waals surface area contributed by atoms with Crippen molar-refractivity contribution in [2.45, 2.75) is 19.9 Å². The molecular formula is C23H21ClN4O3S. The summed E-state index contributed by atoms with van der Waals surface area (Å²) in [7, 11) is 0. The predicted molar refractivity (Wildman–Crippen MR) is 131 cm³/mol. The topological polar surface area (TPSA) is 96.3 Å². The van der Waals surface area contributed by atoms with E-state index < -0.39 is 11.0 Å². The third kappa shape index (κ3) is 6.03. The first-order valence-electron chi connectivity index (χ1n) is 9.68. The normalized spacial score (nSPS) is 11.3. The molecule has 9 heteroatoms. The van der Waals surface area contributed by atoms with Gasteiger partial charge < -0.3 is 16.0 Å². The molecule has 0 saturated heterocycles. The van der Waals surface area contributed by atoms with E-state index in [0.717, 1.165) is 11.1 Å². The lowest BCUT2D eigenvalue weighted by Crippen LogP contribution is -2.39. The third-order valence-electron chi connectivity index (χ3n) is 4.57. The summed E-state index contributed by atoms with van der Waals surface area (Å²) in [6.45, 7) is 3.91. The molecule has 3 aromatic carbocycles. The number of hydrogen-bond acceptors (Lipinski definition) is 4. The van der Waals surface area contributed by atoms with Crippen molar-refractivity contribution in [1.82, 2.24) is 5.32 Å². The monoisotopic (exact) mass is 468 g/mol. The van der Waals surface area contributed by atoms with Crippen molar-refractivity contribution < 1.29 is 9.72 Å². The van der Waals surface area contributed by atoms with Crippen LogP contribution in [0.25, 0.3) is 0 Å². The molecule has 1 amide bonds. The zero-order chi connectivity index (χ0) is 23.3. The summed E-state index contributed by atoms with van der Waals surface area (Å²) in [4.78, 5) is 23.7. The molecule has 7 nitrogen and oxygen atoms in total. The van der Waals surface area contributed by atoms with E-state index in [0.29, 0.717) is 11.3 Å². The zero-order valence-corrected chi connectivity index (χ0v) is 19.0. The predicted octanol–water partition coefficient (Wildman–Crippen LogP) is 5.53. The molecule has 1 unspecified atom stereocenters. The van der Waals surface area contributed by atoms with E-state index in [-0.39, 0.29) is 27.4 Å². The molecule has 0 bridgehead atoms. The summed E-state index contributed by atoms with van der Waals surface area (Å²) in [6, 6.07) is 18.1. The fourth-order valence-corrected chi connectivity index (χ4v) is 3.61. The Balaban J connectivity index is 1.82. The maximum absolute atomic E-state index is 13.2. The van der Waals surface area contributed by atoms with Gasteiger partial charge in [0.2, 0.25) is 0 Å². The maximum atomic E-state index is 13.2. The minimum absolute atomic E-state index is 0.0943. The van der Waals surface area contributed by atoms with Gasteiger partial charge in [-0.2, -0.15) is 0 Å². The van der Waals surface area contributed by atoms with E-state index in [4.69, 9.17) is 23.8 Å². The second kappa shape index (κ2) is 10.2. The largest absolute Gasteiger partial charge is 0.347 e. The number of nitrogens with one attached hydrogen (secondary N) is 3. The van der Waals surface area contributed by atoms with Crippen LogP contribution in [0.1, 0.15) is 22.7 Å². The fraction of sp³-hybridized carbons (Fsp3) is 0.130. The van der Waals surface area contributed by atoms with Crippen LogP contribution in [0.15, 0.2) is 66.7 Å². The van der Waals surface area contributed by atoms with Crippen LogP contribution in [0.4, 0.5) is 17.1 Å². The summed E-state index contributed by atoms with van der Waals surface area (Å²) in [5.41, 5.74) is 3.57. The molecule has 164 valence electrons. The molecule has 0 heterocycles. The Hall–Kier alpha value is -3.49. The van der Waals surface area contributed by atoms with Crippen LogP contribution < -0.4 is 16.0 Å². The zero-order valence-electron chi connectivity index (χ0n) is 17.4. The lowest BCUT2D eigenvalue weighted by atomic mass is 10.1. The van der Waals surface area contributed by atoms with Gasteiger partial charge in [0.15, 0.2) is 5.11 Å². The number of aryl methyl sites for hydroxylation is 2. The number of carbonyl (C=O) groups is 1. The van der Waals surface area contributed by atoms with Crippen LogP contribution in [0, 0.1) is 24.0 Å². The molecule has 0 aromatic heterocycles. The minimum Gasteiger partial charge on any atom is -0.347 e. The molecule has 0 fully saturated rings. The summed E-state index contributed by atoms with van der Waals surface area (Å²) in [5, 5.41) is 20.2. The number of nitrogens with zero attached hydrogens (tertiary/aromatic N) is 1. The SMILES string of the molecule is Cc1cc(C)cc(NC(=O)C(NC(=S)Nc2cc([N+](=O)[O-])ccc2Cl)c2ccccc2)c1. The Morgan fingerprint density at radius 2 is 1.66 bits per heavy atom. The number of thiocarbonyl (C=S) groups is 1. The molecule has 32 heavy (non-hydrogen) atoms. The van der Waals surface area contributed by atoms with Crippen molar-refractivity contribution in [3.05, 3.63) is 98.6 Å². The Kier molecular flexibility index (Phi) is 7.40. The van der Waals surface area contributed by atoms with Crippen LogP contribution in [0.2, 0.25) is 5.02 Å². The highest BCUT2D eigenvalue weighted by Crippen LogP contribution is 2.27. The van der Waals surface area contributed by atoms with Crippen molar-refractivity contribution in [2.24, 2.45) is 0 Å². The molecule has 3 N–H and O–H groups in total. The quantitative estimate of drug-likeness (QED) is 0.250. The number of anilines is 2. The van der Waals surface area contributed by atoms with Gasteiger partial charge in [-0.1, -0.05) is 48.0 Å². The highest BCUT2D eigenvalue weighted by molar-refractivity contribution is 7.80. The number of amides is 1. The lowest BCUT2D eigenvalue weighted by molar-refractivity contribution is -0.384. The van der Waals surface area contributed by atoms with Crippen molar-refractivity contribution >= 4 is 51.9 Å². The fourth-order valence-electron chi connectivity index (χ4n) is 3.22. The van der Waals surface area contributed by atoms with Crippen molar-refractivity contribution in [3.63, 3.8) is 0 Å². The van der Waals surface area contributed by atoms with Crippen molar-refractivity contribution in [2.75, 3.05) is 10.6 Å². The number of carbonyl (C=O) groups excluding carboxylic acids is 1. The Morgan fingerprint density at radius 1 is 1.00 bits per heavy atom. The van der Waals surface area contributed by atoms with Gasteiger partial charge in [0, 0.05) is 17.8 Å². The smallest absolute Gasteiger partial charge is 0.271 e. The van der Waals surface area contributed by atoms with Gasteiger partial charge in [0.05, 0.1) is 15.6 Å². The molecule has 0 radical (unpaired) electrons. The first-order valence-corrected chi connectivity index (χ1v) is 10.5.